The summed E-state index contributed by atoms with van der Waals surface area (Å²) < 4.78 is 0. The van der Waals surface area contributed by atoms with Gasteiger partial charge >= 0.3 is 6.03 Å². The monoisotopic (exact) mass is 381 g/mol. The molecule has 3 rings (SSSR count). The van der Waals surface area contributed by atoms with Gasteiger partial charge in [0, 0.05) is 25.3 Å². The van der Waals surface area contributed by atoms with E-state index in [0.717, 1.165) is 43.1 Å². The maximum Gasteiger partial charge on any atom is 0.319 e. The van der Waals surface area contributed by atoms with Crippen LogP contribution >= 0.6 is 0 Å². The molecule has 2 N–H and O–H groups in total. The van der Waals surface area contributed by atoms with E-state index in [9.17, 15) is 4.79 Å². The van der Waals surface area contributed by atoms with Crippen molar-refractivity contribution in [3.05, 3.63) is 47.7 Å². The predicted molar refractivity (Wildman–Crippen MR) is 114 cm³/mol. The summed E-state index contributed by atoms with van der Waals surface area (Å²) in [6, 6.07) is 11.9. The molecule has 0 saturated carbocycles. The Labute approximate surface area is 167 Å². The maximum absolute atomic E-state index is 12.2. The molecule has 2 amide bonds. The third kappa shape index (κ3) is 5.44. The molecule has 1 fully saturated rings. The topological polar surface area (TPSA) is 70.2 Å². The van der Waals surface area contributed by atoms with Crippen LogP contribution in [-0.4, -0.2) is 35.9 Å². The molecule has 1 aromatic carbocycles. The van der Waals surface area contributed by atoms with Gasteiger partial charge in [0.2, 0.25) is 0 Å². The van der Waals surface area contributed by atoms with E-state index < -0.39 is 0 Å². The number of carbonyl (C=O) groups excluding carboxylic acids is 1. The van der Waals surface area contributed by atoms with Gasteiger partial charge in [-0.05, 0) is 60.9 Å². The van der Waals surface area contributed by atoms with Crippen LogP contribution in [0.25, 0.3) is 0 Å². The quantitative estimate of drug-likeness (QED) is 0.836. The number of anilines is 2. The third-order valence-electron chi connectivity index (χ3n) is 5.28. The molecule has 2 heterocycles. The molecule has 0 bridgehead atoms. The molecule has 6 heteroatoms. The Hall–Kier alpha value is -2.63. The van der Waals surface area contributed by atoms with Crippen LogP contribution in [0.1, 0.15) is 44.9 Å². The minimum Gasteiger partial charge on any atom is -0.355 e. The second-order valence-corrected chi connectivity index (χ2v) is 8.63. The molecule has 0 unspecified atom stereocenters. The van der Waals surface area contributed by atoms with Crippen molar-refractivity contribution in [3.63, 3.8) is 0 Å². The normalized spacial score (nSPS) is 15.4. The molecule has 0 radical (unpaired) electrons. The van der Waals surface area contributed by atoms with E-state index in [1.807, 2.05) is 31.2 Å². The fourth-order valence-corrected chi connectivity index (χ4v) is 3.39. The number of nitrogens with zero attached hydrogens (tertiary/aromatic N) is 3. The van der Waals surface area contributed by atoms with Crippen LogP contribution in [0.3, 0.4) is 0 Å². The first-order valence-electron chi connectivity index (χ1n) is 10.0. The second-order valence-electron chi connectivity index (χ2n) is 8.63. The van der Waals surface area contributed by atoms with Crippen LogP contribution in [0, 0.1) is 12.8 Å². The first-order chi connectivity index (χ1) is 13.3. The molecule has 1 saturated heterocycles. The van der Waals surface area contributed by atoms with Crippen molar-refractivity contribution in [1.82, 2.24) is 15.5 Å². The van der Waals surface area contributed by atoms with E-state index in [1.165, 1.54) is 5.56 Å². The number of aromatic nitrogens is 2. The lowest BCUT2D eigenvalue weighted by Gasteiger charge is -2.32. The van der Waals surface area contributed by atoms with Crippen molar-refractivity contribution in [2.45, 2.75) is 46.0 Å². The van der Waals surface area contributed by atoms with Crippen LogP contribution in [0.5, 0.6) is 0 Å². The standard InChI is InChI=1S/C22H31N5O/c1-16-5-10-20(26-25-16)27-13-11-17(12-14-27)15-23-21(28)24-19-8-6-18(7-9-19)22(2,3)4/h5-10,17H,11-15H2,1-4H3,(H2,23,24,28). The van der Waals surface area contributed by atoms with Crippen molar-refractivity contribution < 1.29 is 4.79 Å². The lowest BCUT2D eigenvalue weighted by molar-refractivity contribution is 0.248. The third-order valence-corrected chi connectivity index (χ3v) is 5.28. The zero-order chi connectivity index (χ0) is 20.1. The van der Waals surface area contributed by atoms with Crippen molar-refractivity contribution in [3.8, 4) is 0 Å². The summed E-state index contributed by atoms with van der Waals surface area (Å²) in [4.78, 5) is 14.5. The van der Waals surface area contributed by atoms with E-state index in [-0.39, 0.29) is 11.4 Å². The van der Waals surface area contributed by atoms with Gasteiger partial charge in [-0.3, -0.25) is 0 Å². The summed E-state index contributed by atoms with van der Waals surface area (Å²) in [7, 11) is 0. The zero-order valence-electron chi connectivity index (χ0n) is 17.3. The summed E-state index contributed by atoms with van der Waals surface area (Å²) in [5.74, 6) is 1.43. The predicted octanol–water partition coefficient (Wildman–Crippen LogP) is 4.12. The number of carbonyl (C=O) groups is 1. The Morgan fingerprint density at radius 3 is 2.32 bits per heavy atom. The lowest BCUT2D eigenvalue weighted by atomic mass is 9.87. The van der Waals surface area contributed by atoms with Crippen LogP contribution in [0.2, 0.25) is 0 Å². The number of urea groups is 1. The van der Waals surface area contributed by atoms with Crippen LogP contribution in [0.4, 0.5) is 16.3 Å². The van der Waals surface area contributed by atoms with E-state index in [0.29, 0.717) is 12.5 Å². The largest absolute Gasteiger partial charge is 0.355 e. The minimum absolute atomic E-state index is 0.111. The van der Waals surface area contributed by atoms with Crippen molar-refractivity contribution in [1.29, 1.82) is 0 Å². The number of aryl methyl sites for hydroxylation is 1. The molecule has 1 aliphatic rings. The van der Waals surface area contributed by atoms with E-state index in [2.05, 4.69) is 58.6 Å². The van der Waals surface area contributed by atoms with Crippen LogP contribution < -0.4 is 15.5 Å². The Bertz CT molecular complexity index is 772. The Balaban J connectivity index is 1.41. The highest BCUT2D eigenvalue weighted by molar-refractivity contribution is 5.89. The SMILES string of the molecule is Cc1ccc(N2CCC(CNC(=O)Nc3ccc(C(C)(C)C)cc3)CC2)nn1. The van der Waals surface area contributed by atoms with Crippen molar-refractivity contribution in [2.75, 3.05) is 29.9 Å². The van der Waals surface area contributed by atoms with Crippen LogP contribution in [0.15, 0.2) is 36.4 Å². The zero-order valence-corrected chi connectivity index (χ0v) is 17.3. The van der Waals surface area contributed by atoms with E-state index in [1.54, 1.807) is 0 Å². The highest BCUT2D eigenvalue weighted by Crippen LogP contribution is 2.24. The molecule has 1 aliphatic heterocycles. The number of piperidine rings is 1. The smallest absolute Gasteiger partial charge is 0.319 e. The number of hydrogen-bond acceptors (Lipinski definition) is 4. The Kier molecular flexibility index (Phi) is 6.17. The van der Waals surface area contributed by atoms with Gasteiger partial charge in [0.15, 0.2) is 5.82 Å². The molecule has 28 heavy (non-hydrogen) atoms. The first-order valence-corrected chi connectivity index (χ1v) is 10.0. The van der Waals surface area contributed by atoms with Gasteiger partial charge in [-0.25, -0.2) is 4.79 Å². The average Bonchev–Trinajstić information content (AvgIpc) is 2.67. The molecular weight excluding hydrogens is 350 g/mol. The van der Waals surface area contributed by atoms with Gasteiger partial charge < -0.3 is 15.5 Å². The summed E-state index contributed by atoms with van der Waals surface area (Å²) in [5, 5.41) is 14.3. The highest BCUT2D eigenvalue weighted by Gasteiger charge is 2.21. The van der Waals surface area contributed by atoms with Crippen molar-refractivity contribution in [2.24, 2.45) is 5.92 Å². The maximum atomic E-state index is 12.2. The minimum atomic E-state index is -0.143. The molecule has 0 spiro atoms. The summed E-state index contributed by atoms with van der Waals surface area (Å²) in [6.45, 7) is 11.1. The van der Waals surface area contributed by atoms with Gasteiger partial charge in [-0.1, -0.05) is 32.9 Å². The van der Waals surface area contributed by atoms with Gasteiger partial charge in [0.25, 0.3) is 0 Å². The molecular formula is C22H31N5O. The number of rotatable bonds is 4. The molecule has 150 valence electrons. The molecule has 6 nitrogen and oxygen atoms in total. The summed E-state index contributed by atoms with van der Waals surface area (Å²) in [5.41, 5.74) is 3.11. The van der Waals surface area contributed by atoms with E-state index in [4.69, 9.17) is 0 Å². The molecule has 0 atom stereocenters. The molecule has 1 aromatic heterocycles. The fourth-order valence-electron chi connectivity index (χ4n) is 3.39. The average molecular weight is 382 g/mol. The lowest BCUT2D eigenvalue weighted by Crippen LogP contribution is -2.40. The van der Waals surface area contributed by atoms with Gasteiger partial charge in [-0.15, -0.1) is 5.10 Å². The number of benzene rings is 1. The molecule has 2 aromatic rings. The molecule has 0 aliphatic carbocycles. The number of hydrogen-bond donors (Lipinski definition) is 2. The van der Waals surface area contributed by atoms with Crippen LogP contribution in [-0.2, 0) is 5.41 Å². The van der Waals surface area contributed by atoms with E-state index >= 15 is 0 Å². The van der Waals surface area contributed by atoms with Gasteiger partial charge in [-0.2, -0.15) is 5.10 Å². The summed E-state index contributed by atoms with van der Waals surface area (Å²) >= 11 is 0. The second kappa shape index (κ2) is 8.59. The first kappa shape index (κ1) is 20.1. The fraction of sp³-hybridized carbons (Fsp3) is 0.500. The van der Waals surface area contributed by atoms with Gasteiger partial charge in [0.05, 0.1) is 5.69 Å². The Morgan fingerprint density at radius 2 is 1.75 bits per heavy atom. The number of amides is 2. The number of nitrogens with one attached hydrogen (secondary N) is 2. The summed E-state index contributed by atoms with van der Waals surface area (Å²) in [6.07, 6.45) is 2.08. The highest BCUT2D eigenvalue weighted by atomic mass is 16.2. The Morgan fingerprint density at radius 1 is 1.07 bits per heavy atom. The van der Waals surface area contributed by atoms with Crippen molar-refractivity contribution >= 4 is 17.5 Å². The van der Waals surface area contributed by atoms with Gasteiger partial charge in [0.1, 0.15) is 0 Å².